The van der Waals surface area contributed by atoms with Crippen LogP contribution in [0.2, 0.25) is 19.6 Å². The fourth-order valence-corrected chi connectivity index (χ4v) is 6.39. The van der Waals surface area contributed by atoms with Crippen molar-refractivity contribution in [1.29, 1.82) is 0 Å². The summed E-state index contributed by atoms with van der Waals surface area (Å²) in [5.74, 6) is -0.778. The summed E-state index contributed by atoms with van der Waals surface area (Å²) >= 11 is 0. The van der Waals surface area contributed by atoms with Gasteiger partial charge in [0.25, 0.3) is 0 Å². The van der Waals surface area contributed by atoms with Crippen LogP contribution in [0.25, 0.3) is 33.5 Å². The molecule has 5 aromatic carbocycles. The molecule has 0 radical (unpaired) electrons. The van der Waals surface area contributed by atoms with Crippen LogP contribution in [0.3, 0.4) is 0 Å². The van der Waals surface area contributed by atoms with Gasteiger partial charge in [0.05, 0.1) is 8.07 Å². The van der Waals surface area contributed by atoms with E-state index >= 15 is 0 Å². The standard InChI is InChI=1S/C21H22NSi.C20H16.Ir/c1-16-10-12-18(13-11-16)20-14-19(17-8-6-5-7-9-17)21(15-22-20)23(2,3)4;1-16(17-9-4-2-5-10-17)19-13-8-14-20(15-19)18-11-6-3-7-12-18;/h5-12,14-15H,1-4H3;2-11,13,15-16H,1H3;/q-1;-2;+3/i1D3;16D;. The molecule has 0 aliphatic rings. The van der Waals surface area contributed by atoms with Crippen LogP contribution in [0, 0.1) is 25.1 Å². The molecule has 0 aliphatic carbocycles. The molecule has 6 aromatic rings. The third kappa shape index (κ3) is 8.39. The molecule has 0 bridgehead atoms. The Balaban J connectivity index is 0.000000217. The summed E-state index contributed by atoms with van der Waals surface area (Å²) in [5.41, 5.74) is 8.20. The van der Waals surface area contributed by atoms with Gasteiger partial charge in [0.15, 0.2) is 0 Å². The molecule has 0 fully saturated rings. The van der Waals surface area contributed by atoms with E-state index in [-0.39, 0.29) is 20.1 Å². The molecule has 0 spiro atoms. The SMILES string of the molecule is [2H]C(C)(c1ccccc1)c1cc[c-]c(-c2[c-]cccc2)c1.[2H]C([2H])([2H])c1c[c-]c(-c2cc(-c3ccccc3)c([Si](C)(C)C)cn2)cc1.[Ir+3]. The first-order valence-corrected chi connectivity index (χ1v) is 18.0. The number of rotatable bonds is 6. The van der Waals surface area contributed by atoms with E-state index in [2.05, 4.69) is 61.0 Å². The molecule has 0 amide bonds. The van der Waals surface area contributed by atoms with Crippen molar-refractivity contribution < 1.29 is 25.6 Å². The Hall–Kier alpha value is -3.88. The van der Waals surface area contributed by atoms with Crippen LogP contribution >= 0.6 is 0 Å². The smallest absolute Gasteiger partial charge is 0.305 e. The Morgan fingerprint density at radius 2 is 1.41 bits per heavy atom. The molecule has 3 heteroatoms. The van der Waals surface area contributed by atoms with Crippen LogP contribution in [0.4, 0.5) is 0 Å². The summed E-state index contributed by atoms with van der Waals surface area (Å²) in [5, 5.41) is 1.31. The zero-order valence-electron chi connectivity index (χ0n) is 29.5. The maximum absolute atomic E-state index is 8.74. The molecule has 1 unspecified atom stereocenters. The fraction of sp³-hybridized carbons (Fsp3) is 0.146. The third-order valence-electron chi connectivity index (χ3n) is 7.33. The van der Waals surface area contributed by atoms with E-state index in [1.54, 1.807) is 18.2 Å². The molecule has 1 aromatic heterocycles. The summed E-state index contributed by atoms with van der Waals surface area (Å²) in [6.07, 6.45) is 1.98. The van der Waals surface area contributed by atoms with Crippen molar-refractivity contribution in [2.75, 3.05) is 0 Å². The summed E-state index contributed by atoms with van der Waals surface area (Å²) < 4.78 is 31.2. The molecule has 44 heavy (non-hydrogen) atoms. The predicted octanol–water partition coefficient (Wildman–Crippen LogP) is 10.2. The minimum Gasteiger partial charge on any atom is -0.305 e. The number of aryl methyl sites for hydroxylation is 1. The van der Waals surface area contributed by atoms with E-state index in [4.69, 9.17) is 5.48 Å². The van der Waals surface area contributed by atoms with Gasteiger partial charge in [-0.25, -0.2) is 11.1 Å². The first kappa shape index (κ1) is 27.6. The summed E-state index contributed by atoms with van der Waals surface area (Å²) in [6.45, 7) is 6.75. The number of benzene rings is 5. The van der Waals surface area contributed by atoms with E-state index < -0.39 is 20.8 Å². The largest absolute Gasteiger partial charge is 3.00 e. The molecule has 1 nitrogen and oxygen atoms in total. The normalized spacial score (nSPS) is 13.8. The van der Waals surface area contributed by atoms with Gasteiger partial charge in [-0.1, -0.05) is 100 Å². The Morgan fingerprint density at radius 3 is 2.05 bits per heavy atom. The van der Waals surface area contributed by atoms with Gasteiger partial charge in [-0.15, -0.1) is 53.1 Å². The van der Waals surface area contributed by atoms with E-state index in [0.29, 0.717) is 5.56 Å². The number of hydrogen-bond donors (Lipinski definition) is 0. The Morgan fingerprint density at radius 1 is 0.705 bits per heavy atom. The van der Waals surface area contributed by atoms with Crippen molar-refractivity contribution in [3.63, 3.8) is 0 Å². The van der Waals surface area contributed by atoms with E-state index in [9.17, 15) is 0 Å². The zero-order valence-corrected chi connectivity index (χ0v) is 28.9. The first-order valence-electron chi connectivity index (χ1n) is 16.5. The Bertz CT molecular complexity index is 1900. The molecular weight excluding hydrogens is 727 g/mol. The summed E-state index contributed by atoms with van der Waals surface area (Å²) in [4.78, 5) is 4.66. The van der Waals surface area contributed by atoms with Crippen molar-refractivity contribution in [2.24, 2.45) is 0 Å². The number of pyridine rings is 1. The van der Waals surface area contributed by atoms with Gasteiger partial charge in [0, 0.05) is 11.7 Å². The van der Waals surface area contributed by atoms with Gasteiger partial charge >= 0.3 is 20.1 Å². The molecule has 220 valence electrons. The van der Waals surface area contributed by atoms with Crippen molar-refractivity contribution in [2.45, 2.75) is 39.3 Å². The van der Waals surface area contributed by atoms with Crippen molar-refractivity contribution in [3.05, 3.63) is 168 Å². The minimum absolute atomic E-state index is 0. The maximum Gasteiger partial charge on any atom is 3.00 e. The van der Waals surface area contributed by atoms with E-state index in [1.165, 1.54) is 16.3 Å². The average Bonchev–Trinajstić information content (AvgIpc) is 3.09. The van der Waals surface area contributed by atoms with Gasteiger partial charge in [-0.05, 0) is 33.5 Å². The quantitative estimate of drug-likeness (QED) is 0.122. The molecule has 6 rings (SSSR count). The Labute approximate surface area is 284 Å². The van der Waals surface area contributed by atoms with Gasteiger partial charge < -0.3 is 4.98 Å². The van der Waals surface area contributed by atoms with Gasteiger partial charge in [0.2, 0.25) is 0 Å². The van der Waals surface area contributed by atoms with Crippen molar-refractivity contribution in [3.8, 4) is 33.5 Å². The fourth-order valence-electron chi connectivity index (χ4n) is 4.91. The topological polar surface area (TPSA) is 12.9 Å². The van der Waals surface area contributed by atoms with Crippen LogP contribution in [-0.2, 0) is 20.1 Å². The second-order valence-electron chi connectivity index (χ2n) is 11.5. The number of hydrogen-bond acceptors (Lipinski definition) is 1. The second-order valence-corrected chi connectivity index (χ2v) is 16.5. The minimum atomic E-state index is -2.11. The van der Waals surface area contributed by atoms with Crippen LogP contribution in [0.5, 0.6) is 0 Å². The number of aromatic nitrogens is 1. The van der Waals surface area contributed by atoms with Crippen LogP contribution in [0.15, 0.2) is 134 Å². The zero-order chi connectivity index (χ0) is 33.7. The van der Waals surface area contributed by atoms with Crippen LogP contribution in [-0.4, -0.2) is 13.1 Å². The van der Waals surface area contributed by atoms with Gasteiger partial charge in [0.1, 0.15) is 0 Å². The van der Waals surface area contributed by atoms with Gasteiger partial charge in [-0.3, -0.25) is 0 Å². The molecule has 0 saturated heterocycles. The molecular formula is C41H38IrNSi. The van der Waals surface area contributed by atoms with Crippen molar-refractivity contribution >= 4 is 13.3 Å². The van der Waals surface area contributed by atoms with Crippen LogP contribution < -0.4 is 5.19 Å². The maximum atomic E-state index is 8.74. The van der Waals surface area contributed by atoms with Crippen LogP contribution in [0.1, 0.15) is 35.0 Å². The monoisotopic (exact) mass is 769 g/mol. The average molecular weight is 769 g/mol. The third-order valence-corrected chi connectivity index (χ3v) is 9.34. The number of nitrogens with zero attached hydrogens (tertiary/aromatic N) is 1. The second kappa shape index (κ2) is 15.2. The van der Waals surface area contributed by atoms with E-state index in [1.807, 2.05) is 104 Å². The van der Waals surface area contributed by atoms with Crippen molar-refractivity contribution in [1.82, 2.24) is 4.98 Å². The molecule has 0 N–H and O–H groups in total. The predicted molar refractivity (Wildman–Crippen MR) is 185 cm³/mol. The van der Waals surface area contributed by atoms with Gasteiger partial charge in [-0.2, -0.15) is 42.5 Å². The molecule has 1 heterocycles. The van der Waals surface area contributed by atoms with E-state index in [0.717, 1.165) is 33.5 Å². The summed E-state index contributed by atoms with van der Waals surface area (Å²) in [7, 11) is -1.57. The summed E-state index contributed by atoms with van der Waals surface area (Å²) in [6, 6.07) is 50.6. The molecule has 1 atom stereocenters. The first-order chi connectivity index (χ1) is 22.3. The Kier molecular flexibility index (Phi) is 9.56. The molecule has 0 aliphatic heterocycles. The molecule has 0 saturated carbocycles.